The zero-order chi connectivity index (χ0) is 15.7. The molecule has 0 spiro atoms. The van der Waals surface area contributed by atoms with Gasteiger partial charge in [-0.2, -0.15) is 0 Å². The number of fused-ring (bicyclic) bond motifs is 1. The fourth-order valence-electron chi connectivity index (χ4n) is 2.22. The van der Waals surface area contributed by atoms with Gasteiger partial charge in [0.05, 0.1) is 21.7 Å². The Hall–Kier alpha value is -1.91. The molecule has 0 aromatic heterocycles. The number of carbonyl (C=O) groups is 1. The SMILES string of the molecule is CC(NC(=O)c1cccc(Cl)c1Cl)c1ccc2c(c1)OCO2. The zero-order valence-corrected chi connectivity index (χ0v) is 13.2. The Morgan fingerprint density at radius 2 is 1.95 bits per heavy atom. The monoisotopic (exact) mass is 337 g/mol. The Kier molecular flexibility index (Phi) is 4.14. The molecule has 0 bridgehead atoms. The molecule has 1 amide bonds. The second-order valence-electron chi connectivity index (χ2n) is 4.91. The molecule has 1 N–H and O–H groups in total. The molecule has 1 aliphatic heterocycles. The minimum atomic E-state index is -0.280. The Morgan fingerprint density at radius 1 is 1.18 bits per heavy atom. The molecule has 0 saturated carbocycles. The summed E-state index contributed by atoms with van der Waals surface area (Å²) in [5, 5.41) is 3.49. The van der Waals surface area contributed by atoms with E-state index in [4.69, 9.17) is 32.7 Å². The average Bonchev–Trinajstić information content (AvgIpc) is 2.97. The second kappa shape index (κ2) is 6.07. The van der Waals surface area contributed by atoms with Crippen LogP contribution in [0.25, 0.3) is 0 Å². The summed E-state index contributed by atoms with van der Waals surface area (Å²) in [4.78, 5) is 12.3. The van der Waals surface area contributed by atoms with Crippen LogP contribution in [-0.2, 0) is 0 Å². The van der Waals surface area contributed by atoms with Crippen LogP contribution in [0, 0.1) is 0 Å². The number of amides is 1. The van der Waals surface area contributed by atoms with Gasteiger partial charge in [-0.25, -0.2) is 0 Å². The maximum absolute atomic E-state index is 12.3. The molecule has 22 heavy (non-hydrogen) atoms. The number of benzene rings is 2. The van der Waals surface area contributed by atoms with Gasteiger partial charge in [-0.05, 0) is 36.8 Å². The number of hydrogen-bond acceptors (Lipinski definition) is 3. The van der Waals surface area contributed by atoms with Crippen molar-refractivity contribution < 1.29 is 14.3 Å². The van der Waals surface area contributed by atoms with E-state index in [0.29, 0.717) is 22.1 Å². The lowest BCUT2D eigenvalue weighted by molar-refractivity contribution is 0.0940. The third-order valence-electron chi connectivity index (χ3n) is 3.44. The minimum absolute atomic E-state index is 0.211. The summed E-state index contributed by atoms with van der Waals surface area (Å²) in [7, 11) is 0. The summed E-state index contributed by atoms with van der Waals surface area (Å²) >= 11 is 12.0. The first-order valence-electron chi connectivity index (χ1n) is 6.70. The number of halogens is 2. The van der Waals surface area contributed by atoms with E-state index in [-0.39, 0.29) is 23.8 Å². The first-order chi connectivity index (χ1) is 10.6. The molecule has 2 aromatic rings. The molecule has 1 unspecified atom stereocenters. The Bertz CT molecular complexity index is 733. The average molecular weight is 338 g/mol. The van der Waals surface area contributed by atoms with Crippen molar-refractivity contribution in [3.05, 3.63) is 57.6 Å². The number of ether oxygens (including phenoxy) is 2. The summed E-state index contributed by atoms with van der Waals surface area (Å²) in [5.74, 6) is 1.11. The van der Waals surface area contributed by atoms with Crippen molar-refractivity contribution in [2.45, 2.75) is 13.0 Å². The van der Waals surface area contributed by atoms with E-state index in [9.17, 15) is 4.79 Å². The highest BCUT2D eigenvalue weighted by Gasteiger charge is 2.19. The smallest absolute Gasteiger partial charge is 0.253 e. The highest BCUT2D eigenvalue weighted by molar-refractivity contribution is 6.43. The fraction of sp³-hybridized carbons (Fsp3) is 0.188. The lowest BCUT2D eigenvalue weighted by atomic mass is 10.1. The van der Waals surface area contributed by atoms with Crippen LogP contribution in [0.5, 0.6) is 11.5 Å². The van der Waals surface area contributed by atoms with Crippen molar-refractivity contribution in [1.82, 2.24) is 5.32 Å². The predicted octanol–water partition coefficient (Wildman–Crippen LogP) is 4.21. The Morgan fingerprint density at radius 3 is 2.77 bits per heavy atom. The first kappa shape index (κ1) is 15.0. The zero-order valence-electron chi connectivity index (χ0n) is 11.7. The van der Waals surface area contributed by atoms with Crippen LogP contribution >= 0.6 is 23.2 Å². The molecule has 0 radical (unpaired) electrons. The third kappa shape index (κ3) is 2.85. The van der Waals surface area contributed by atoms with Crippen molar-refractivity contribution >= 4 is 29.1 Å². The van der Waals surface area contributed by atoms with Gasteiger partial charge >= 0.3 is 0 Å². The summed E-state index contributed by atoms with van der Waals surface area (Å²) in [6.45, 7) is 2.10. The molecule has 1 heterocycles. The maximum atomic E-state index is 12.3. The molecule has 1 aliphatic rings. The molecule has 0 saturated heterocycles. The van der Waals surface area contributed by atoms with Crippen LogP contribution in [0.15, 0.2) is 36.4 Å². The van der Waals surface area contributed by atoms with Gasteiger partial charge in [0.1, 0.15) is 0 Å². The third-order valence-corrected chi connectivity index (χ3v) is 4.26. The molecule has 114 valence electrons. The van der Waals surface area contributed by atoms with Crippen LogP contribution in [0.2, 0.25) is 10.0 Å². The van der Waals surface area contributed by atoms with Gasteiger partial charge in [0.25, 0.3) is 5.91 Å². The highest BCUT2D eigenvalue weighted by atomic mass is 35.5. The van der Waals surface area contributed by atoms with E-state index in [2.05, 4.69) is 5.32 Å². The lowest BCUT2D eigenvalue weighted by Crippen LogP contribution is -2.26. The highest BCUT2D eigenvalue weighted by Crippen LogP contribution is 2.34. The largest absolute Gasteiger partial charge is 0.454 e. The van der Waals surface area contributed by atoms with E-state index >= 15 is 0 Å². The van der Waals surface area contributed by atoms with Crippen LogP contribution in [0.4, 0.5) is 0 Å². The number of rotatable bonds is 3. The fourth-order valence-corrected chi connectivity index (χ4v) is 2.61. The number of nitrogens with one attached hydrogen (secondary N) is 1. The summed E-state index contributed by atoms with van der Waals surface area (Å²) < 4.78 is 10.6. The molecular formula is C16H13Cl2NO3. The molecule has 0 aliphatic carbocycles. The van der Waals surface area contributed by atoms with E-state index in [1.54, 1.807) is 18.2 Å². The summed E-state index contributed by atoms with van der Waals surface area (Å²) in [6.07, 6.45) is 0. The molecule has 1 atom stereocenters. The van der Waals surface area contributed by atoms with Gasteiger partial charge in [0.15, 0.2) is 11.5 Å². The van der Waals surface area contributed by atoms with Crippen molar-refractivity contribution in [1.29, 1.82) is 0 Å². The maximum Gasteiger partial charge on any atom is 0.253 e. The predicted molar refractivity (Wildman–Crippen MR) is 84.9 cm³/mol. The van der Waals surface area contributed by atoms with Gasteiger partial charge in [-0.3, -0.25) is 4.79 Å². The second-order valence-corrected chi connectivity index (χ2v) is 5.69. The van der Waals surface area contributed by atoms with Gasteiger partial charge in [-0.15, -0.1) is 0 Å². The van der Waals surface area contributed by atoms with Crippen LogP contribution in [0.1, 0.15) is 28.9 Å². The molecule has 0 fully saturated rings. The van der Waals surface area contributed by atoms with Crippen LogP contribution in [0.3, 0.4) is 0 Å². The van der Waals surface area contributed by atoms with Gasteiger partial charge in [0, 0.05) is 0 Å². The number of carbonyl (C=O) groups excluding carboxylic acids is 1. The molecule has 4 nitrogen and oxygen atoms in total. The summed E-state index contributed by atoms with van der Waals surface area (Å²) in [6, 6.07) is 10.3. The van der Waals surface area contributed by atoms with Crippen LogP contribution < -0.4 is 14.8 Å². The first-order valence-corrected chi connectivity index (χ1v) is 7.46. The normalized spacial score (nSPS) is 13.8. The van der Waals surface area contributed by atoms with E-state index in [1.165, 1.54) is 0 Å². The van der Waals surface area contributed by atoms with Crippen molar-refractivity contribution in [2.75, 3.05) is 6.79 Å². The van der Waals surface area contributed by atoms with Crippen molar-refractivity contribution in [3.63, 3.8) is 0 Å². The summed E-state index contributed by atoms with van der Waals surface area (Å²) in [5.41, 5.74) is 1.26. The van der Waals surface area contributed by atoms with E-state index < -0.39 is 0 Å². The van der Waals surface area contributed by atoms with E-state index in [1.807, 2.05) is 25.1 Å². The Labute approximate surface area is 137 Å². The standard InChI is InChI=1S/C16H13Cl2NO3/c1-9(10-5-6-13-14(7-10)22-8-21-13)19-16(20)11-3-2-4-12(17)15(11)18/h2-7,9H,8H2,1H3,(H,19,20). The van der Waals surface area contributed by atoms with Crippen LogP contribution in [-0.4, -0.2) is 12.7 Å². The molecule has 3 rings (SSSR count). The Balaban J connectivity index is 1.77. The molecule has 6 heteroatoms. The van der Waals surface area contributed by atoms with Gasteiger partial charge in [-0.1, -0.05) is 35.3 Å². The lowest BCUT2D eigenvalue weighted by Gasteiger charge is -2.15. The van der Waals surface area contributed by atoms with Crippen molar-refractivity contribution in [3.8, 4) is 11.5 Å². The quantitative estimate of drug-likeness (QED) is 0.912. The molecular weight excluding hydrogens is 325 g/mol. The van der Waals surface area contributed by atoms with Crippen molar-refractivity contribution in [2.24, 2.45) is 0 Å². The minimum Gasteiger partial charge on any atom is -0.454 e. The van der Waals surface area contributed by atoms with Gasteiger partial charge < -0.3 is 14.8 Å². The topological polar surface area (TPSA) is 47.6 Å². The molecule has 2 aromatic carbocycles. The van der Waals surface area contributed by atoms with Gasteiger partial charge in [0.2, 0.25) is 6.79 Å². The number of hydrogen-bond donors (Lipinski definition) is 1. The van der Waals surface area contributed by atoms with E-state index in [0.717, 1.165) is 5.56 Å².